The molecule has 0 spiro atoms. The number of carbonyl (C=O) groups excluding carboxylic acids is 1. The summed E-state index contributed by atoms with van der Waals surface area (Å²) in [7, 11) is 0. The van der Waals surface area contributed by atoms with E-state index in [2.05, 4.69) is 20.8 Å². The standard InChI is InChI=1S/C14H25NO2/c1-5-10(15)12(16)17-11-8-9-6-7-14(11,4)13(9,2)3/h9-11H,5-8,15H2,1-4H3/t9-,10+,11+,14+/m0/s1. The SMILES string of the molecule is CC[C@@H](N)C(=O)O[C@@H]1C[C@@H]2CC[C@@]1(C)C2(C)C. The summed E-state index contributed by atoms with van der Waals surface area (Å²) in [5.74, 6) is 0.477. The Balaban J connectivity index is 2.08. The molecule has 2 rings (SSSR count). The topological polar surface area (TPSA) is 52.3 Å². The van der Waals surface area contributed by atoms with Gasteiger partial charge in [-0.15, -0.1) is 0 Å². The van der Waals surface area contributed by atoms with Crippen molar-refractivity contribution in [3.63, 3.8) is 0 Å². The van der Waals surface area contributed by atoms with E-state index in [1.54, 1.807) is 0 Å². The Bertz CT molecular complexity index is 326. The highest BCUT2D eigenvalue weighted by molar-refractivity contribution is 5.75. The maximum atomic E-state index is 11.8. The molecule has 0 aromatic heterocycles. The molecule has 2 saturated carbocycles. The second-order valence-electron chi connectivity index (χ2n) is 6.55. The number of rotatable bonds is 3. The first-order chi connectivity index (χ1) is 7.83. The number of hydrogen-bond acceptors (Lipinski definition) is 3. The third-order valence-corrected chi connectivity index (χ3v) is 5.71. The van der Waals surface area contributed by atoms with Crippen molar-refractivity contribution in [2.45, 2.75) is 65.5 Å². The lowest BCUT2D eigenvalue weighted by Gasteiger charge is -2.38. The Morgan fingerprint density at radius 1 is 1.47 bits per heavy atom. The molecule has 2 aliphatic rings. The van der Waals surface area contributed by atoms with Crippen molar-refractivity contribution in [1.29, 1.82) is 0 Å². The van der Waals surface area contributed by atoms with Crippen molar-refractivity contribution in [2.24, 2.45) is 22.5 Å². The van der Waals surface area contributed by atoms with E-state index in [-0.39, 0.29) is 22.9 Å². The van der Waals surface area contributed by atoms with Crippen LogP contribution in [0.3, 0.4) is 0 Å². The van der Waals surface area contributed by atoms with Crippen LogP contribution in [0.2, 0.25) is 0 Å². The Labute approximate surface area is 104 Å². The maximum Gasteiger partial charge on any atom is 0.323 e. The van der Waals surface area contributed by atoms with Crippen LogP contribution in [-0.4, -0.2) is 18.1 Å². The summed E-state index contributed by atoms with van der Waals surface area (Å²) in [6.45, 7) is 8.82. The Morgan fingerprint density at radius 3 is 2.53 bits per heavy atom. The van der Waals surface area contributed by atoms with Gasteiger partial charge in [-0.2, -0.15) is 0 Å². The summed E-state index contributed by atoms with van der Waals surface area (Å²) in [4.78, 5) is 11.8. The molecule has 3 nitrogen and oxygen atoms in total. The lowest BCUT2D eigenvalue weighted by molar-refractivity contribution is -0.158. The van der Waals surface area contributed by atoms with E-state index in [9.17, 15) is 4.79 Å². The predicted octanol–water partition coefficient (Wildman–Crippen LogP) is 2.48. The van der Waals surface area contributed by atoms with Gasteiger partial charge in [0.25, 0.3) is 0 Å². The van der Waals surface area contributed by atoms with Crippen LogP contribution in [0.15, 0.2) is 0 Å². The van der Waals surface area contributed by atoms with Crippen molar-refractivity contribution in [2.75, 3.05) is 0 Å². The molecule has 0 radical (unpaired) electrons. The Kier molecular flexibility index (Phi) is 3.01. The van der Waals surface area contributed by atoms with Gasteiger partial charge in [-0.05, 0) is 37.0 Å². The van der Waals surface area contributed by atoms with Crippen molar-refractivity contribution >= 4 is 5.97 Å². The van der Waals surface area contributed by atoms with Crippen molar-refractivity contribution in [3.05, 3.63) is 0 Å². The number of esters is 1. The van der Waals surface area contributed by atoms with Crippen molar-refractivity contribution in [3.8, 4) is 0 Å². The summed E-state index contributed by atoms with van der Waals surface area (Å²) in [6.07, 6.45) is 4.18. The van der Waals surface area contributed by atoms with Crippen LogP contribution >= 0.6 is 0 Å². The fourth-order valence-electron chi connectivity index (χ4n) is 3.70. The number of fused-ring (bicyclic) bond motifs is 2. The van der Waals surface area contributed by atoms with Gasteiger partial charge in [0.1, 0.15) is 12.1 Å². The average Bonchev–Trinajstić information content (AvgIpc) is 2.60. The minimum Gasteiger partial charge on any atom is -0.461 e. The van der Waals surface area contributed by atoms with Gasteiger partial charge in [0.15, 0.2) is 0 Å². The zero-order valence-electron chi connectivity index (χ0n) is 11.5. The number of hydrogen-bond donors (Lipinski definition) is 1. The van der Waals surface area contributed by atoms with Crippen molar-refractivity contribution < 1.29 is 9.53 Å². The van der Waals surface area contributed by atoms with Gasteiger partial charge >= 0.3 is 5.97 Å². The molecule has 4 atom stereocenters. The molecular formula is C14H25NO2. The van der Waals surface area contributed by atoms with E-state index in [0.717, 1.165) is 6.42 Å². The monoisotopic (exact) mass is 239 g/mol. The summed E-state index contributed by atoms with van der Waals surface area (Å²) in [5.41, 5.74) is 6.15. The summed E-state index contributed by atoms with van der Waals surface area (Å²) in [5, 5.41) is 0. The smallest absolute Gasteiger partial charge is 0.323 e. The molecule has 2 fully saturated rings. The fraction of sp³-hybridized carbons (Fsp3) is 0.929. The van der Waals surface area contributed by atoms with Crippen LogP contribution in [0.5, 0.6) is 0 Å². The van der Waals surface area contributed by atoms with Crippen LogP contribution in [0.25, 0.3) is 0 Å². The van der Waals surface area contributed by atoms with Gasteiger partial charge in [-0.25, -0.2) is 0 Å². The van der Waals surface area contributed by atoms with Crippen LogP contribution in [0, 0.1) is 16.7 Å². The molecule has 0 amide bonds. The van der Waals surface area contributed by atoms with Gasteiger partial charge in [0.05, 0.1) is 0 Å². The molecule has 0 aliphatic heterocycles. The third-order valence-electron chi connectivity index (χ3n) is 5.71. The predicted molar refractivity (Wildman–Crippen MR) is 67.4 cm³/mol. The van der Waals surface area contributed by atoms with Crippen LogP contribution in [0.4, 0.5) is 0 Å². The van der Waals surface area contributed by atoms with Crippen LogP contribution in [0.1, 0.15) is 53.4 Å². The molecule has 2 aliphatic carbocycles. The quantitative estimate of drug-likeness (QED) is 0.770. The Morgan fingerprint density at radius 2 is 2.12 bits per heavy atom. The first kappa shape index (κ1) is 12.9. The molecule has 17 heavy (non-hydrogen) atoms. The average molecular weight is 239 g/mol. The molecule has 0 aromatic carbocycles. The number of nitrogens with two attached hydrogens (primary N) is 1. The van der Waals surface area contributed by atoms with Gasteiger partial charge in [0, 0.05) is 5.41 Å². The van der Waals surface area contributed by atoms with E-state index in [4.69, 9.17) is 10.5 Å². The molecule has 98 valence electrons. The van der Waals surface area contributed by atoms with Crippen molar-refractivity contribution in [1.82, 2.24) is 0 Å². The third kappa shape index (κ3) is 1.70. The van der Waals surface area contributed by atoms with Gasteiger partial charge in [-0.1, -0.05) is 27.7 Å². The summed E-state index contributed by atoms with van der Waals surface area (Å²) in [6, 6.07) is -0.458. The van der Waals surface area contributed by atoms with E-state index in [1.807, 2.05) is 6.92 Å². The van der Waals surface area contributed by atoms with Crippen LogP contribution < -0.4 is 5.73 Å². The first-order valence-electron chi connectivity index (χ1n) is 6.79. The highest BCUT2D eigenvalue weighted by Gasteiger charge is 2.62. The van der Waals surface area contributed by atoms with Crippen LogP contribution in [-0.2, 0) is 9.53 Å². The molecule has 3 heteroatoms. The number of carbonyl (C=O) groups is 1. The van der Waals surface area contributed by atoms with Gasteiger partial charge in [-0.3, -0.25) is 4.79 Å². The molecule has 0 saturated heterocycles. The molecule has 0 heterocycles. The molecule has 2 bridgehead atoms. The second kappa shape index (κ2) is 3.98. The molecule has 0 aromatic rings. The fourth-order valence-corrected chi connectivity index (χ4v) is 3.70. The maximum absolute atomic E-state index is 11.8. The number of ether oxygens (including phenoxy) is 1. The highest BCUT2D eigenvalue weighted by Crippen LogP contribution is 2.66. The molecular weight excluding hydrogens is 214 g/mol. The van der Waals surface area contributed by atoms with E-state index in [0.29, 0.717) is 12.3 Å². The Hall–Kier alpha value is -0.570. The zero-order chi connectivity index (χ0) is 12.8. The largest absolute Gasteiger partial charge is 0.461 e. The zero-order valence-corrected chi connectivity index (χ0v) is 11.5. The summed E-state index contributed by atoms with van der Waals surface area (Å²) < 4.78 is 5.67. The van der Waals surface area contributed by atoms with E-state index in [1.165, 1.54) is 12.8 Å². The molecule has 0 unspecified atom stereocenters. The second-order valence-corrected chi connectivity index (χ2v) is 6.55. The minimum atomic E-state index is -0.458. The van der Waals surface area contributed by atoms with E-state index >= 15 is 0 Å². The highest BCUT2D eigenvalue weighted by atomic mass is 16.5. The summed E-state index contributed by atoms with van der Waals surface area (Å²) >= 11 is 0. The minimum absolute atomic E-state index is 0.0707. The lowest BCUT2D eigenvalue weighted by Crippen LogP contribution is -2.42. The first-order valence-corrected chi connectivity index (χ1v) is 6.79. The van der Waals surface area contributed by atoms with E-state index < -0.39 is 6.04 Å². The van der Waals surface area contributed by atoms with Gasteiger partial charge < -0.3 is 10.5 Å². The lowest BCUT2D eigenvalue weighted by atomic mass is 9.70. The normalized spacial score (nSPS) is 40.3. The van der Waals surface area contributed by atoms with Gasteiger partial charge in [0.2, 0.25) is 0 Å². The molecule has 2 N–H and O–H groups in total.